The van der Waals surface area contributed by atoms with Crippen molar-refractivity contribution < 1.29 is 9.90 Å². The van der Waals surface area contributed by atoms with Gasteiger partial charge in [0.25, 0.3) is 5.91 Å². The molecule has 0 bridgehead atoms. The number of fused-ring (bicyclic) bond motifs is 1. The van der Waals surface area contributed by atoms with E-state index in [0.29, 0.717) is 19.5 Å². The molecule has 3 heteroatoms. The molecule has 0 atom stereocenters. The summed E-state index contributed by atoms with van der Waals surface area (Å²) in [6.45, 7) is 3.43. The fraction of sp³-hybridized carbons (Fsp3) is 0.562. The highest BCUT2D eigenvalue weighted by Crippen LogP contribution is 2.22. The summed E-state index contributed by atoms with van der Waals surface area (Å²) in [7, 11) is 0. The SMILES string of the molecule is CCN(CCCO)C(=O)c1ccc2c(c1)CCCC2. The zero-order valence-corrected chi connectivity index (χ0v) is 11.7. The summed E-state index contributed by atoms with van der Waals surface area (Å²) in [5.41, 5.74) is 3.54. The lowest BCUT2D eigenvalue weighted by molar-refractivity contribution is 0.0754. The van der Waals surface area contributed by atoms with Crippen LogP contribution in [0.25, 0.3) is 0 Å². The van der Waals surface area contributed by atoms with E-state index in [0.717, 1.165) is 18.4 Å². The summed E-state index contributed by atoms with van der Waals surface area (Å²) in [4.78, 5) is 14.2. The predicted molar refractivity (Wildman–Crippen MR) is 76.4 cm³/mol. The van der Waals surface area contributed by atoms with Crippen LogP contribution in [0.1, 0.15) is 47.7 Å². The third kappa shape index (κ3) is 3.35. The van der Waals surface area contributed by atoms with E-state index in [1.807, 2.05) is 13.0 Å². The Labute approximate surface area is 115 Å². The normalized spacial score (nSPS) is 14.0. The number of hydrogen-bond donors (Lipinski definition) is 1. The van der Waals surface area contributed by atoms with Crippen molar-refractivity contribution in [2.45, 2.75) is 39.0 Å². The summed E-state index contributed by atoms with van der Waals surface area (Å²) < 4.78 is 0. The van der Waals surface area contributed by atoms with Crippen molar-refractivity contribution in [2.75, 3.05) is 19.7 Å². The Kier molecular flexibility index (Phi) is 4.97. The molecule has 1 N–H and O–H groups in total. The molecule has 0 heterocycles. The molecular weight excluding hydrogens is 238 g/mol. The van der Waals surface area contributed by atoms with Gasteiger partial charge in [0.2, 0.25) is 0 Å². The summed E-state index contributed by atoms with van der Waals surface area (Å²) in [6.07, 6.45) is 5.38. The second-order valence-corrected chi connectivity index (χ2v) is 5.15. The Bertz CT molecular complexity index is 442. The van der Waals surface area contributed by atoms with E-state index in [1.54, 1.807) is 4.90 Å². The van der Waals surface area contributed by atoms with E-state index in [2.05, 4.69) is 12.1 Å². The van der Waals surface area contributed by atoms with Crippen LogP contribution in [0.4, 0.5) is 0 Å². The first-order valence-electron chi connectivity index (χ1n) is 7.28. The standard InChI is InChI=1S/C16H23NO2/c1-2-17(10-5-11-18)16(19)15-9-8-13-6-3-4-7-14(13)12-15/h8-9,12,18H,2-7,10-11H2,1H3. The first-order valence-corrected chi connectivity index (χ1v) is 7.28. The van der Waals surface area contributed by atoms with Gasteiger partial charge in [-0.2, -0.15) is 0 Å². The highest BCUT2D eigenvalue weighted by atomic mass is 16.3. The largest absolute Gasteiger partial charge is 0.396 e. The van der Waals surface area contributed by atoms with Crippen LogP contribution in [0.3, 0.4) is 0 Å². The van der Waals surface area contributed by atoms with E-state index in [-0.39, 0.29) is 12.5 Å². The minimum Gasteiger partial charge on any atom is -0.396 e. The molecule has 0 radical (unpaired) electrons. The predicted octanol–water partition coefficient (Wildman–Crippen LogP) is 2.41. The van der Waals surface area contributed by atoms with Crippen molar-refractivity contribution in [2.24, 2.45) is 0 Å². The number of carbonyl (C=O) groups is 1. The molecule has 19 heavy (non-hydrogen) atoms. The molecule has 1 aliphatic rings. The van der Waals surface area contributed by atoms with E-state index in [1.165, 1.54) is 24.0 Å². The molecule has 0 aromatic heterocycles. The Hall–Kier alpha value is -1.35. The van der Waals surface area contributed by atoms with Gasteiger partial charge in [0.1, 0.15) is 0 Å². The number of benzene rings is 1. The van der Waals surface area contributed by atoms with Gasteiger partial charge in [-0.1, -0.05) is 6.07 Å². The number of aryl methyl sites for hydroxylation is 2. The molecule has 1 aromatic rings. The molecule has 2 rings (SSSR count). The monoisotopic (exact) mass is 261 g/mol. The summed E-state index contributed by atoms with van der Waals surface area (Å²) in [5, 5.41) is 8.88. The summed E-state index contributed by atoms with van der Waals surface area (Å²) in [5.74, 6) is 0.0873. The van der Waals surface area contributed by atoms with Gasteiger partial charge in [-0.3, -0.25) is 4.79 Å². The fourth-order valence-corrected chi connectivity index (χ4v) is 2.71. The fourth-order valence-electron chi connectivity index (χ4n) is 2.71. The number of hydrogen-bond acceptors (Lipinski definition) is 2. The third-order valence-corrected chi connectivity index (χ3v) is 3.85. The molecule has 1 aliphatic carbocycles. The summed E-state index contributed by atoms with van der Waals surface area (Å²) in [6, 6.07) is 6.13. The maximum atomic E-state index is 12.4. The topological polar surface area (TPSA) is 40.5 Å². The van der Waals surface area contributed by atoms with Gasteiger partial charge in [0.15, 0.2) is 0 Å². The van der Waals surface area contributed by atoms with E-state index in [9.17, 15) is 4.79 Å². The van der Waals surface area contributed by atoms with Crippen molar-refractivity contribution in [1.82, 2.24) is 4.90 Å². The van der Waals surface area contributed by atoms with Crippen molar-refractivity contribution in [3.8, 4) is 0 Å². The average molecular weight is 261 g/mol. The lowest BCUT2D eigenvalue weighted by Crippen LogP contribution is -2.32. The van der Waals surface area contributed by atoms with Crippen LogP contribution in [-0.2, 0) is 12.8 Å². The van der Waals surface area contributed by atoms with Crippen LogP contribution in [0.2, 0.25) is 0 Å². The molecule has 0 unspecified atom stereocenters. The maximum absolute atomic E-state index is 12.4. The van der Waals surface area contributed by atoms with Gasteiger partial charge in [-0.05, 0) is 62.3 Å². The number of carbonyl (C=O) groups excluding carboxylic acids is 1. The van der Waals surface area contributed by atoms with Gasteiger partial charge in [0.05, 0.1) is 0 Å². The molecule has 3 nitrogen and oxygen atoms in total. The molecule has 0 fully saturated rings. The highest BCUT2D eigenvalue weighted by molar-refractivity contribution is 5.94. The van der Waals surface area contributed by atoms with Crippen molar-refractivity contribution in [3.05, 3.63) is 34.9 Å². The Morgan fingerprint density at radius 1 is 1.26 bits per heavy atom. The Morgan fingerprint density at radius 3 is 2.68 bits per heavy atom. The second kappa shape index (κ2) is 6.71. The Balaban J connectivity index is 2.13. The molecule has 0 saturated carbocycles. The minimum atomic E-state index is 0.0873. The average Bonchev–Trinajstić information content (AvgIpc) is 2.47. The van der Waals surface area contributed by atoms with Crippen LogP contribution in [-0.4, -0.2) is 35.6 Å². The molecule has 0 spiro atoms. The highest BCUT2D eigenvalue weighted by Gasteiger charge is 2.16. The van der Waals surface area contributed by atoms with Gasteiger partial charge >= 0.3 is 0 Å². The molecule has 1 amide bonds. The van der Waals surface area contributed by atoms with Crippen molar-refractivity contribution in [3.63, 3.8) is 0 Å². The first kappa shape index (κ1) is 14.1. The van der Waals surface area contributed by atoms with Crippen molar-refractivity contribution in [1.29, 1.82) is 0 Å². The first-order chi connectivity index (χ1) is 9.26. The quantitative estimate of drug-likeness (QED) is 0.884. The van der Waals surface area contributed by atoms with Crippen LogP contribution < -0.4 is 0 Å². The van der Waals surface area contributed by atoms with E-state index >= 15 is 0 Å². The van der Waals surface area contributed by atoms with Gasteiger partial charge < -0.3 is 10.0 Å². The van der Waals surface area contributed by atoms with Gasteiger partial charge in [0, 0.05) is 25.3 Å². The third-order valence-electron chi connectivity index (χ3n) is 3.85. The molecule has 0 saturated heterocycles. The number of aliphatic hydroxyl groups excluding tert-OH is 1. The zero-order chi connectivity index (χ0) is 13.7. The second-order valence-electron chi connectivity index (χ2n) is 5.15. The lowest BCUT2D eigenvalue weighted by Gasteiger charge is -2.22. The number of rotatable bonds is 5. The van der Waals surface area contributed by atoms with Crippen molar-refractivity contribution >= 4 is 5.91 Å². The minimum absolute atomic E-state index is 0.0873. The molecule has 0 aliphatic heterocycles. The van der Waals surface area contributed by atoms with Crippen LogP contribution in [0.15, 0.2) is 18.2 Å². The molecule has 1 aromatic carbocycles. The van der Waals surface area contributed by atoms with Crippen LogP contribution in [0.5, 0.6) is 0 Å². The Morgan fingerprint density at radius 2 is 2.00 bits per heavy atom. The van der Waals surface area contributed by atoms with Crippen LogP contribution >= 0.6 is 0 Å². The molecular formula is C16H23NO2. The van der Waals surface area contributed by atoms with Gasteiger partial charge in [-0.15, -0.1) is 0 Å². The number of aliphatic hydroxyl groups is 1. The molecule has 104 valence electrons. The van der Waals surface area contributed by atoms with Crippen LogP contribution in [0, 0.1) is 0 Å². The maximum Gasteiger partial charge on any atom is 0.253 e. The van der Waals surface area contributed by atoms with E-state index < -0.39 is 0 Å². The van der Waals surface area contributed by atoms with Gasteiger partial charge in [-0.25, -0.2) is 0 Å². The smallest absolute Gasteiger partial charge is 0.253 e. The zero-order valence-electron chi connectivity index (χ0n) is 11.7. The number of nitrogens with zero attached hydrogens (tertiary/aromatic N) is 1. The summed E-state index contributed by atoms with van der Waals surface area (Å²) >= 11 is 0. The number of amides is 1. The van der Waals surface area contributed by atoms with E-state index in [4.69, 9.17) is 5.11 Å². The lowest BCUT2D eigenvalue weighted by atomic mass is 9.90.